The molecule has 5 nitrogen and oxygen atoms in total. The monoisotopic (exact) mass is 520 g/mol. The highest BCUT2D eigenvalue weighted by Crippen LogP contribution is 2.31. The minimum atomic E-state index is -0.485. The highest BCUT2D eigenvalue weighted by Gasteiger charge is 2.12. The van der Waals surface area contributed by atoms with Crippen molar-refractivity contribution >= 4 is 28.9 Å². The van der Waals surface area contributed by atoms with Gasteiger partial charge in [-0.05, 0) is 74.4 Å². The maximum absolute atomic E-state index is 12.6. The summed E-state index contributed by atoms with van der Waals surface area (Å²) in [5.74, 6) is 0.532. The fraction of sp³-hybridized carbons (Fsp3) is 0.387. The summed E-state index contributed by atoms with van der Waals surface area (Å²) < 4.78 is 11.3. The van der Waals surface area contributed by atoms with E-state index >= 15 is 0 Å². The Morgan fingerprint density at radius 1 is 0.811 bits per heavy atom. The molecule has 0 aliphatic heterocycles. The standard InChI is InChI=1S/C31H37ClN2O3/c1-4-5-6-7-8-9-10-11-20-36-27-16-13-25(14-17-27)31(35)37-30-19-15-26(22-28(30)32)33-34-29-18-12-23(2)21-24(29)3/h12-19,21-22H,4-11,20H2,1-3H3. The lowest BCUT2D eigenvalue weighted by molar-refractivity contribution is 0.0735. The molecule has 6 heteroatoms. The molecular formula is C31H37ClN2O3. The first-order chi connectivity index (χ1) is 18.0. The lowest BCUT2D eigenvalue weighted by Crippen LogP contribution is -2.08. The van der Waals surface area contributed by atoms with E-state index in [1.54, 1.807) is 42.5 Å². The summed E-state index contributed by atoms with van der Waals surface area (Å²) in [6, 6.07) is 17.9. The van der Waals surface area contributed by atoms with Crippen molar-refractivity contribution in [2.24, 2.45) is 10.2 Å². The molecule has 0 bridgehead atoms. The van der Waals surface area contributed by atoms with Gasteiger partial charge in [-0.25, -0.2) is 4.79 Å². The van der Waals surface area contributed by atoms with Gasteiger partial charge in [-0.15, -0.1) is 0 Å². The van der Waals surface area contributed by atoms with Gasteiger partial charge in [0, 0.05) is 0 Å². The third-order valence-corrected chi connectivity index (χ3v) is 6.40. The average molecular weight is 521 g/mol. The quantitative estimate of drug-likeness (QED) is 0.0918. The highest BCUT2D eigenvalue weighted by atomic mass is 35.5. The molecule has 0 saturated heterocycles. The lowest BCUT2D eigenvalue weighted by atomic mass is 10.1. The van der Waals surface area contributed by atoms with Crippen molar-refractivity contribution in [1.29, 1.82) is 0 Å². The fourth-order valence-electron chi connectivity index (χ4n) is 3.94. The Balaban J connectivity index is 1.45. The van der Waals surface area contributed by atoms with E-state index < -0.39 is 5.97 Å². The van der Waals surface area contributed by atoms with Crippen LogP contribution in [0.1, 0.15) is 79.8 Å². The van der Waals surface area contributed by atoms with Crippen LogP contribution < -0.4 is 9.47 Å². The number of azo groups is 1. The summed E-state index contributed by atoms with van der Waals surface area (Å²) in [5.41, 5.74) is 4.01. The van der Waals surface area contributed by atoms with Crippen LogP contribution in [0.15, 0.2) is 70.9 Å². The van der Waals surface area contributed by atoms with E-state index in [9.17, 15) is 4.79 Å². The van der Waals surface area contributed by atoms with Crippen molar-refractivity contribution in [1.82, 2.24) is 0 Å². The Kier molecular flexibility index (Phi) is 11.6. The molecule has 0 heterocycles. The second-order valence-electron chi connectivity index (χ2n) is 9.34. The van der Waals surface area contributed by atoms with Crippen LogP contribution in [0.4, 0.5) is 11.4 Å². The van der Waals surface area contributed by atoms with E-state index in [4.69, 9.17) is 21.1 Å². The molecule has 0 N–H and O–H groups in total. The van der Waals surface area contributed by atoms with Crippen molar-refractivity contribution < 1.29 is 14.3 Å². The molecule has 0 aliphatic rings. The number of carbonyl (C=O) groups is 1. The SMILES string of the molecule is CCCCCCCCCCOc1ccc(C(=O)Oc2ccc(N=Nc3ccc(C)cc3C)cc2Cl)cc1. The molecule has 3 aromatic rings. The highest BCUT2D eigenvalue weighted by molar-refractivity contribution is 6.32. The number of nitrogens with zero attached hydrogens (tertiary/aromatic N) is 2. The number of rotatable bonds is 14. The molecule has 0 aliphatic carbocycles. The number of hydrogen-bond acceptors (Lipinski definition) is 5. The summed E-state index contributed by atoms with van der Waals surface area (Å²) in [6.45, 7) is 6.95. The van der Waals surface area contributed by atoms with E-state index in [-0.39, 0.29) is 10.8 Å². The van der Waals surface area contributed by atoms with Crippen LogP contribution in [0, 0.1) is 13.8 Å². The summed E-state index contributed by atoms with van der Waals surface area (Å²) in [6.07, 6.45) is 10.1. The zero-order chi connectivity index (χ0) is 26.5. The Labute approximate surface area is 225 Å². The Morgan fingerprint density at radius 3 is 2.19 bits per heavy atom. The van der Waals surface area contributed by atoms with Crippen molar-refractivity contribution in [3.63, 3.8) is 0 Å². The van der Waals surface area contributed by atoms with Gasteiger partial charge < -0.3 is 9.47 Å². The maximum atomic E-state index is 12.6. The summed E-state index contributed by atoms with van der Waals surface area (Å²) >= 11 is 6.35. The summed E-state index contributed by atoms with van der Waals surface area (Å²) in [7, 11) is 0. The second-order valence-corrected chi connectivity index (χ2v) is 9.75. The first kappa shape index (κ1) is 28.4. The van der Waals surface area contributed by atoms with Gasteiger partial charge in [0.15, 0.2) is 0 Å². The van der Waals surface area contributed by atoms with Crippen LogP contribution in [-0.2, 0) is 0 Å². The first-order valence-electron chi connectivity index (χ1n) is 13.2. The van der Waals surface area contributed by atoms with E-state index in [2.05, 4.69) is 23.2 Å². The number of unbranched alkanes of at least 4 members (excludes halogenated alkanes) is 7. The van der Waals surface area contributed by atoms with Crippen LogP contribution in [0.25, 0.3) is 0 Å². The molecule has 37 heavy (non-hydrogen) atoms. The van der Waals surface area contributed by atoms with E-state index in [1.165, 1.54) is 50.5 Å². The molecule has 196 valence electrons. The topological polar surface area (TPSA) is 60.2 Å². The minimum Gasteiger partial charge on any atom is -0.494 e. The summed E-state index contributed by atoms with van der Waals surface area (Å²) in [4.78, 5) is 12.6. The summed E-state index contributed by atoms with van der Waals surface area (Å²) in [5, 5.41) is 8.85. The number of esters is 1. The Bertz CT molecular complexity index is 1180. The molecule has 0 atom stereocenters. The predicted octanol–water partition coefficient (Wildman–Crippen LogP) is 10.1. The van der Waals surface area contributed by atoms with Gasteiger partial charge in [-0.2, -0.15) is 10.2 Å². The Hall–Kier alpha value is -3.18. The maximum Gasteiger partial charge on any atom is 0.343 e. The van der Waals surface area contributed by atoms with Gasteiger partial charge in [0.2, 0.25) is 0 Å². The van der Waals surface area contributed by atoms with Crippen LogP contribution in [-0.4, -0.2) is 12.6 Å². The molecule has 0 aromatic heterocycles. The molecule has 0 spiro atoms. The van der Waals surface area contributed by atoms with Gasteiger partial charge in [0.1, 0.15) is 11.5 Å². The molecule has 3 rings (SSSR count). The fourth-order valence-corrected chi connectivity index (χ4v) is 4.15. The van der Waals surface area contributed by atoms with Crippen LogP contribution in [0.5, 0.6) is 11.5 Å². The normalized spacial score (nSPS) is 11.1. The lowest BCUT2D eigenvalue weighted by Gasteiger charge is -2.09. The first-order valence-corrected chi connectivity index (χ1v) is 13.6. The number of benzene rings is 3. The number of halogens is 1. The second kappa shape index (κ2) is 15.2. The molecule has 0 radical (unpaired) electrons. The van der Waals surface area contributed by atoms with Gasteiger partial charge in [0.05, 0.1) is 28.6 Å². The molecular weight excluding hydrogens is 484 g/mol. The van der Waals surface area contributed by atoms with Crippen LogP contribution >= 0.6 is 11.6 Å². The van der Waals surface area contributed by atoms with E-state index in [1.807, 2.05) is 26.0 Å². The molecule has 0 saturated carbocycles. The van der Waals surface area contributed by atoms with Gasteiger partial charge in [-0.1, -0.05) is 81.2 Å². The predicted molar refractivity (Wildman–Crippen MR) is 151 cm³/mol. The molecule has 3 aromatic carbocycles. The van der Waals surface area contributed by atoms with Crippen molar-refractivity contribution in [2.75, 3.05) is 6.61 Å². The number of aryl methyl sites for hydroxylation is 2. The van der Waals surface area contributed by atoms with Gasteiger partial charge >= 0.3 is 5.97 Å². The zero-order valence-corrected chi connectivity index (χ0v) is 22.9. The molecule has 0 amide bonds. The average Bonchev–Trinajstić information content (AvgIpc) is 2.89. The number of ether oxygens (including phenoxy) is 2. The molecule has 0 unspecified atom stereocenters. The molecule has 0 fully saturated rings. The largest absolute Gasteiger partial charge is 0.494 e. The number of carbonyl (C=O) groups excluding carboxylic acids is 1. The van der Waals surface area contributed by atoms with E-state index in [0.29, 0.717) is 17.9 Å². The van der Waals surface area contributed by atoms with Gasteiger partial charge in [0.25, 0.3) is 0 Å². The Morgan fingerprint density at radius 2 is 1.51 bits per heavy atom. The minimum absolute atomic E-state index is 0.271. The van der Waals surface area contributed by atoms with Crippen molar-refractivity contribution in [3.05, 3.63) is 82.4 Å². The van der Waals surface area contributed by atoms with Crippen molar-refractivity contribution in [3.8, 4) is 11.5 Å². The zero-order valence-electron chi connectivity index (χ0n) is 22.1. The van der Waals surface area contributed by atoms with Gasteiger partial charge in [-0.3, -0.25) is 0 Å². The van der Waals surface area contributed by atoms with Crippen LogP contribution in [0.2, 0.25) is 5.02 Å². The number of hydrogen-bond donors (Lipinski definition) is 0. The third kappa shape index (κ3) is 9.66. The van der Waals surface area contributed by atoms with Crippen molar-refractivity contribution in [2.45, 2.75) is 72.1 Å². The van der Waals surface area contributed by atoms with Crippen LogP contribution in [0.3, 0.4) is 0 Å². The van der Waals surface area contributed by atoms with E-state index in [0.717, 1.165) is 23.4 Å². The smallest absolute Gasteiger partial charge is 0.343 e. The third-order valence-electron chi connectivity index (χ3n) is 6.10.